The van der Waals surface area contributed by atoms with E-state index in [1.807, 2.05) is 0 Å². The summed E-state index contributed by atoms with van der Waals surface area (Å²) in [6.45, 7) is 0. The van der Waals surface area contributed by atoms with Gasteiger partial charge in [0.05, 0.1) is 0 Å². The zero-order chi connectivity index (χ0) is 14.5. The van der Waals surface area contributed by atoms with Crippen LogP contribution >= 0.6 is 13.9 Å². The van der Waals surface area contributed by atoms with Crippen LogP contribution in [0.3, 0.4) is 0 Å². The molecule has 0 saturated carbocycles. The molecule has 0 amide bonds. The van der Waals surface area contributed by atoms with E-state index in [1.54, 1.807) is 0 Å². The van der Waals surface area contributed by atoms with Crippen LogP contribution in [-0.2, 0) is 4.20 Å². The van der Waals surface area contributed by atoms with Gasteiger partial charge in [-0.2, -0.15) is 0 Å². The molecule has 3 rings (SSSR count). The van der Waals surface area contributed by atoms with Gasteiger partial charge < -0.3 is 0 Å². The summed E-state index contributed by atoms with van der Waals surface area (Å²) in [5.74, 6) is 0. The van der Waals surface area contributed by atoms with E-state index in [0.29, 0.717) is 0 Å². The van der Waals surface area contributed by atoms with E-state index in [-0.39, 0.29) is 18.1 Å². The van der Waals surface area contributed by atoms with Crippen molar-refractivity contribution in [3.05, 3.63) is 108 Å². The van der Waals surface area contributed by atoms with E-state index in [4.69, 9.17) is 0 Å². The molecule has 3 aromatic rings. The first-order valence-electron chi connectivity index (χ1n) is 6.87. The summed E-state index contributed by atoms with van der Waals surface area (Å²) in [5.41, 5.74) is 4.04. The summed E-state index contributed by atoms with van der Waals surface area (Å²) in [4.78, 5) is 0. The Morgan fingerprint density at radius 1 is 0.524 bits per heavy atom. The Balaban J connectivity index is 2.29. The minimum absolute atomic E-state index is 0.0692. The van der Waals surface area contributed by atoms with Crippen molar-refractivity contribution >= 4 is 27.8 Å². The number of hydrogen-bond donors (Lipinski definition) is 0. The molecule has 0 atom stereocenters. The maximum absolute atomic E-state index is 3.88. The number of halogens is 1. The van der Waals surface area contributed by atoms with Gasteiger partial charge in [-0.15, -0.1) is 0 Å². The Morgan fingerprint density at radius 2 is 0.810 bits per heavy atom. The fourth-order valence-corrected chi connectivity index (χ4v) is 7.43. The first kappa shape index (κ1) is 14.6. The van der Waals surface area contributed by atoms with Gasteiger partial charge in [0.25, 0.3) is 0 Å². The van der Waals surface area contributed by atoms with Gasteiger partial charge in [-0.1, -0.05) is 0 Å². The van der Waals surface area contributed by atoms with Crippen molar-refractivity contribution in [2.75, 3.05) is 0 Å². The van der Waals surface area contributed by atoms with Gasteiger partial charge in [0.2, 0.25) is 0 Å². The Hall–Kier alpha value is -1.30. The molecule has 0 N–H and O–H groups in total. The van der Waals surface area contributed by atoms with E-state index in [2.05, 4.69) is 105 Å². The third-order valence-electron chi connectivity index (χ3n) is 3.70. The second kappa shape index (κ2) is 6.64. The van der Waals surface area contributed by atoms with E-state index < -0.39 is 0 Å². The molecule has 1 radical (unpaired) electrons. The first-order valence-corrected chi connectivity index (χ1v) is 12.2. The molecule has 21 heavy (non-hydrogen) atoms. The molecule has 3 aromatic carbocycles. The zero-order valence-corrected chi connectivity index (χ0v) is 14.9. The molecule has 0 fully saturated rings. The van der Waals surface area contributed by atoms with Crippen LogP contribution in [0.2, 0.25) is 0 Å². The number of hydrogen-bond acceptors (Lipinski definition) is 0. The average molecular weight is 398 g/mol. The second-order valence-corrected chi connectivity index (χ2v) is 8.50. The Bertz CT molecular complexity index is 584. The van der Waals surface area contributed by atoms with Crippen molar-refractivity contribution in [1.29, 1.82) is 0 Å². The number of benzene rings is 3. The van der Waals surface area contributed by atoms with E-state index in [9.17, 15) is 0 Å². The van der Waals surface area contributed by atoms with Crippen LogP contribution in [0.25, 0.3) is 0 Å². The molecule has 0 spiro atoms. The summed E-state index contributed by atoms with van der Waals surface area (Å²) in [6, 6.07) is 32.4. The van der Waals surface area contributed by atoms with Crippen LogP contribution in [-0.4, -0.2) is 13.9 Å². The van der Waals surface area contributed by atoms with Gasteiger partial charge in [-0.05, 0) is 0 Å². The first-order chi connectivity index (χ1) is 10.4. The fraction of sp³-hybridized carbons (Fsp3) is 0.0526. The molecule has 0 unspecified atom stereocenters. The molecule has 103 valence electrons. The molecule has 0 aliphatic rings. The number of rotatable bonds is 4. The molecular weight excluding hydrogens is 383 g/mol. The third-order valence-corrected chi connectivity index (χ3v) is 8.62. The average Bonchev–Trinajstić information content (AvgIpc) is 2.59. The van der Waals surface area contributed by atoms with Crippen LogP contribution in [0.4, 0.5) is 0 Å². The van der Waals surface area contributed by atoms with Crippen molar-refractivity contribution in [2.45, 2.75) is 4.20 Å². The summed E-state index contributed by atoms with van der Waals surface area (Å²) in [5, 5.41) is 0. The zero-order valence-electron chi connectivity index (χ0n) is 11.5. The normalized spacial score (nSPS) is 11.9. The van der Waals surface area contributed by atoms with E-state index in [1.165, 1.54) is 16.7 Å². The summed E-state index contributed by atoms with van der Waals surface area (Å²) < 4.78 is -0.0692. The van der Waals surface area contributed by atoms with Gasteiger partial charge >= 0.3 is 140 Å². The molecule has 0 heterocycles. The standard InChI is InChI=1S/C19H15AsBr/c21-20-19(16-10-4-1-5-11-16,17-12-6-2-7-13-17)18-14-8-3-9-15-18/h1-15H. The van der Waals surface area contributed by atoms with Gasteiger partial charge in [0, 0.05) is 0 Å². The third kappa shape index (κ3) is 2.73. The Morgan fingerprint density at radius 3 is 1.05 bits per heavy atom. The second-order valence-electron chi connectivity index (χ2n) is 4.89. The van der Waals surface area contributed by atoms with Crippen molar-refractivity contribution in [3.63, 3.8) is 0 Å². The molecule has 0 bridgehead atoms. The predicted molar refractivity (Wildman–Crippen MR) is 93.9 cm³/mol. The van der Waals surface area contributed by atoms with Crippen LogP contribution < -0.4 is 0 Å². The molecular formula is C19H15AsBr. The Kier molecular flexibility index (Phi) is 4.63. The Labute approximate surface area is 139 Å². The fourth-order valence-electron chi connectivity index (χ4n) is 2.68. The predicted octanol–water partition coefficient (Wildman–Crippen LogP) is 4.99. The molecule has 0 saturated heterocycles. The van der Waals surface area contributed by atoms with Gasteiger partial charge in [0.1, 0.15) is 0 Å². The van der Waals surface area contributed by atoms with E-state index >= 15 is 0 Å². The summed E-state index contributed by atoms with van der Waals surface area (Å²) in [7, 11) is 0. The van der Waals surface area contributed by atoms with E-state index in [0.717, 1.165) is 0 Å². The van der Waals surface area contributed by atoms with Crippen molar-refractivity contribution in [3.8, 4) is 0 Å². The van der Waals surface area contributed by atoms with Crippen LogP contribution in [0, 0.1) is 0 Å². The summed E-state index contributed by atoms with van der Waals surface area (Å²) in [6.07, 6.45) is 0. The van der Waals surface area contributed by atoms with Crippen LogP contribution in [0.15, 0.2) is 91.0 Å². The monoisotopic (exact) mass is 397 g/mol. The van der Waals surface area contributed by atoms with Crippen molar-refractivity contribution in [1.82, 2.24) is 0 Å². The maximum atomic E-state index is 3.88. The van der Waals surface area contributed by atoms with Crippen LogP contribution in [0.1, 0.15) is 16.7 Å². The van der Waals surface area contributed by atoms with Crippen LogP contribution in [0.5, 0.6) is 0 Å². The van der Waals surface area contributed by atoms with Crippen molar-refractivity contribution in [2.24, 2.45) is 0 Å². The molecule has 0 aliphatic carbocycles. The topological polar surface area (TPSA) is 0 Å². The molecule has 0 aliphatic heterocycles. The van der Waals surface area contributed by atoms with Gasteiger partial charge in [-0.25, -0.2) is 0 Å². The summed E-state index contributed by atoms with van der Waals surface area (Å²) >= 11 is 3.77. The molecule has 0 nitrogen and oxygen atoms in total. The van der Waals surface area contributed by atoms with Crippen molar-refractivity contribution < 1.29 is 0 Å². The quantitative estimate of drug-likeness (QED) is 0.429. The van der Waals surface area contributed by atoms with Gasteiger partial charge in [0.15, 0.2) is 0 Å². The minimum atomic E-state index is -0.104. The molecule has 0 aromatic heterocycles. The molecule has 2 heteroatoms. The van der Waals surface area contributed by atoms with Gasteiger partial charge in [-0.3, -0.25) is 0 Å². The SMILES string of the molecule is Br[As]C(c1ccccc1)(c1ccccc1)c1ccccc1.